The number of pyridine rings is 1. The summed E-state index contributed by atoms with van der Waals surface area (Å²) in [5, 5.41) is 22.3. The Labute approximate surface area is 234 Å². The number of aliphatic carboxylic acids is 1. The molecule has 1 fully saturated rings. The van der Waals surface area contributed by atoms with Crippen LogP contribution < -0.4 is 26.2 Å². The van der Waals surface area contributed by atoms with E-state index in [1.165, 1.54) is 11.3 Å². The van der Waals surface area contributed by atoms with Crippen LogP contribution in [0.5, 0.6) is 0 Å². The molecule has 5 rings (SSSR count). The fourth-order valence-electron chi connectivity index (χ4n) is 5.26. The maximum Gasteiger partial charge on any atom is 0.318 e. The molecule has 13 heteroatoms. The van der Waals surface area contributed by atoms with Gasteiger partial charge in [-0.15, -0.1) is 11.3 Å². The van der Waals surface area contributed by atoms with Crippen molar-refractivity contribution in [2.45, 2.75) is 26.1 Å². The molecule has 12 nitrogen and oxygen atoms in total. The number of urea groups is 1. The third kappa shape index (κ3) is 4.89. The Balaban J connectivity index is 1.64. The van der Waals surface area contributed by atoms with Crippen molar-refractivity contribution in [1.82, 2.24) is 25.9 Å². The van der Waals surface area contributed by atoms with E-state index in [1.807, 2.05) is 6.07 Å². The first-order chi connectivity index (χ1) is 19.3. The van der Waals surface area contributed by atoms with Crippen molar-refractivity contribution in [1.29, 1.82) is 0 Å². The number of carbonyl (C=O) groups is 3. The first kappa shape index (κ1) is 27.2. The van der Waals surface area contributed by atoms with Gasteiger partial charge >= 0.3 is 12.0 Å². The zero-order chi connectivity index (χ0) is 28.3. The van der Waals surface area contributed by atoms with Gasteiger partial charge in [-0.05, 0) is 57.2 Å². The number of carbonyl (C=O) groups excluding carboxylic acids is 2. The molecule has 208 valence electrons. The average Bonchev–Trinajstić information content (AvgIpc) is 3.43. The molecule has 1 aromatic carbocycles. The third-order valence-corrected chi connectivity index (χ3v) is 8.22. The van der Waals surface area contributed by atoms with E-state index in [1.54, 1.807) is 73.2 Å². The normalized spacial score (nSPS) is 24.1. The van der Waals surface area contributed by atoms with Crippen molar-refractivity contribution in [2.24, 2.45) is 16.3 Å². The van der Waals surface area contributed by atoms with Gasteiger partial charge in [-0.1, -0.05) is 6.07 Å². The van der Waals surface area contributed by atoms with Gasteiger partial charge in [0.05, 0.1) is 32.7 Å². The first-order valence-electron chi connectivity index (χ1n) is 12.9. The molecular weight excluding hydrogens is 532 g/mol. The van der Waals surface area contributed by atoms with Crippen molar-refractivity contribution in [2.75, 3.05) is 29.9 Å². The second-order valence-electron chi connectivity index (χ2n) is 9.79. The molecule has 4 heterocycles. The van der Waals surface area contributed by atoms with Gasteiger partial charge in [0.2, 0.25) is 5.79 Å². The van der Waals surface area contributed by atoms with Crippen molar-refractivity contribution in [3.8, 4) is 0 Å². The molecule has 1 saturated heterocycles. The van der Waals surface area contributed by atoms with Crippen LogP contribution in [0.25, 0.3) is 10.2 Å². The number of piperidine rings is 1. The van der Waals surface area contributed by atoms with Gasteiger partial charge in [0, 0.05) is 37.4 Å². The number of aliphatic imine (C=N–C) groups is 1. The minimum Gasteiger partial charge on any atom is -0.481 e. The summed E-state index contributed by atoms with van der Waals surface area (Å²) in [4.78, 5) is 53.9. The minimum absolute atomic E-state index is 0.255. The topological polar surface area (TPSA) is 161 Å². The Morgan fingerprint density at radius 1 is 1.25 bits per heavy atom. The van der Waals surface area contributed by atoms with Crippen LogP contribution in [0.1, 0.15) is 30.8 Å². The lowest BCUT2D eigenvalue weighted by Crippen LogP contribution is -2.71. The highest BCUT2D eigenvalue weighted by Crippen LogP contribution is 2.46. The summed E-state index contributed by atoms with van der Waals surface area (Å²) in [7, 11) is 0. The number of nitrogens with zero attached hydrogens (tertiary/aromatic N) is 4. The summed E-state index contributed by atoms with van der Waals surface area (Å²) in [5.41, 5.74) is 2.40. The molecular formula is C27H30N8O4S. The molecule has 2 aliphatic heterocycles. The van der Waals surface area contributed by atoms with Crippen LogP contribution in [0, 0.1) is 11.3 Å². The van der Waals surface area contributed by atoms with Crippen LogP contribution in [0.2, 0.25) is 0 Å². The largest absolute Gasteiger partial charge is 0.481 e. The summed E-state index contributed by atoms with van der Waals surface area (Å²) >= 11 is 1.38. The maximum absolute atomic E-state index is 13.1. The van der Waals surface area contributed by atoms with Gasteiger partial charge in [-0.25, -0.2) is 14.8 Å². The second-order valence-corrected chi connectivity index (χ2v) is 10.6. The molecule has 5 N–H and O–H groups in total. The number of hydrogen-bond donors (Lipinski definition) is 5. The molecule has 0 spiro atoms. The average molecular weight is 563 g/mol. The molecule has 40 heavy (non-hydrogen) atoms. The van der Waals surface area contributed by atoms with Gasteiger partial charge in [-0.2, -0.15) is 0 Å². The van der Waals surface area contributed by atoms with Crippen LogP contribution in [0.4, 0.5) is 16.2 Å². The van der Waals surface area contributed by atoms with Crippen LogP contribution in [-0.2, 0) is 4.79 Å². The summed E-state index contributed by atoms with van der Waals surface area (Å²) in [6.07, 6.45) is 6.90. The molecule has 0 bridgehead atoms. The summed E-state index contributed by atoms with van der Waals surface area (Å²) < 4.78 is 0.759. The van der Waals surface area contributed by atoms with Crippen molar-refractivity contribution >= 4 is 57.1 Å². The van der Waals surface area contributed by atoms with Crippen LogP contribution in [-0.4, -0.2) is 64.6 Å². The summed E-state index contributed by atoms with van der Waals surface area (Å²) in [5.74, 6) is -3.56. The Morgan fingerprint density at radius 3 is 2.85 bits per heavy atom. The van der Waals surface area contributed by atoms with E-state index in [-0.39, 0.29) is 11.6 Å². The highest BCUT2D eigenvalue weighted by molar-refractivity contribution is 7.17. The number of amides is 3. The zero-order valence-electron chi connectivity index (χ0n) is 22.0. The Kier molecular flexibility index (Phi) is 7.50. The number of nitrogens with one attached hydrogen (secondary N) is 4. The van der Waals surface area contributed by atoms with Gasteiger partial charge in [0.1, 0.15) is 5.69 Å². The van der Waals surface area contributed by atoms with E-state index in [0.717, 1.165) is 4.70 Å². The number of hydrogen-bond acceptors (Lipinski definition) is 9. The molecule has 2 aliphatic rings. The fourth-order valence-corrected chi connectivity index (χ4v) is 6.00. The first-order valence-corrected chi connectivity index (χ1v) is 13.8. The minimum atomic E-state index is -1.51. The molecule has 3 aromatic rings. The predicted molar refractivity (Wildman–Crippen MR) is 154 cm³/mol. The van der Waals surface area contributed by atoms with E-state index in [9.17, 15) is 19.5 Å². The fraction of sp³-hybridized carbons (Fsp3) is 0.333. The lowest BCUT2D eigenvalue weighted by atomic mass is 9.68. The van der Waals surface area contributed by atoms with E-state index in [4.69, 9.17) is 4.99 Å². The number of aromatic nitrogens is 2. The molecule has 3 atom stereocenters. The van der Waals surface area contributed by atoms with Crippen LogP contribution >= 0.6 is 11.3 Å². The molecule has 0 saturated carbocycles. The highest BCUT2D eigenvalue weighted by atomic mass is 32.1. The third-order valence-electron chi connectivity index (χ3n) is 7.35. The maximum atomic E-state index is 13.1. The quantitative estimate of drug-likeness (QED) is 0.294. The lowest BCUT2D eigenvalue weighted by molar-refractivity contribution is -0.155. The zero-order valence-corrected chi connectivity index (χ0v) is 22.9. The molecule has 3 amide bonds. The van der Waals surface area contributed by atoms with Crippen molar-refractivity contribution in [3.05, 3.63) is 60.0 Å². The number of carboxylic acids is 1. The summed E-state index contributed by atoms with van der Waals surface area (Å²) in [6.45, 7) is 4.67. The van der Waals surface area contributed by atoms with Gasteiger partial charge in [0.25, 0.3) is 5.91 Å². The van der Waals surface area contributed by atoms with Crippen molar-refractivity contribution < 1.29 is 19.5 Å². The van der Waals surface area contributed by atoms with Crippen LogP contribution in [0.15, 0.2) is 59.3 Å². The van der Waals surface area contributed by atoms with Gasteiger partial charge < -0.3 is 26.0 Å². The Morgan fingerprint density at radius 2 is 2.10 bits per heavy atom. The van der Waals surface area contributed by atoms with E-state index in [2.05, 4.69) is 31.2 Å². The van der Waals surface area contributed by atoms with E-state index < -0.39 is 29.1 Å². The smallest absolute Gasteiger partial charge is 0.318 e. The SMILES string of the molecule is CCNC(=O)NC1(C2CNCCC2(C)C(=O)O)N=CC=CN1c1cc(NC(=O)c2ccccn2)c2scnc2c1. The number of anilines is 2. The van der Waals surface area contributed by atoms with Gasteiger partial charge in [0.15, 0.2) is 0 Å². The molecule has 0 radical (unpaired) electrons. The number of benzene rings is 1. The molecule has 0 aliphatic carbocycles. The van der Waals surface area contributed by atoms with Crippen molar-refractivity contribution in [3.63, 3.8) is 0 Å². The lowest BCUT2D eigenvalue weighted by Gasteiger charge is -2.52. The highest BCUT2D eigenvalue weighted by Gasteiger charge is 2.57. The van der Waals surface area contributed by atoms with Gasteiger partial charge in [-0.3, -0.25) is 19.9 Å². The number of fused-ring (bicyclic) bond motifs is 1. The number of rotatable bonds is 7. The Bertz CT molecular complexity index is 1490. The molecule has 2 aromatic heterocycles. The number of carboxylic acid groups (broad SMARTS) is 1. The number of thiazole rings is 1. The van der Waals surface area contributed by atoms with E-state index in [0.29, 0.717) is 42.9 Å². The second kappa shape index (κ2) is 11.0. The predicted octanol–water partition coefficient (Wildman–Crippen LogP) is 3.02. The summed E-state index contributed by atoms with van der Waals surface area (Å²) in [6, 6.07) is 8.20. The number of allylic oxidation sites excluding steroid dienone is 1. The van der Waals surface area contributed by atoms with Crippen LogP contribution in [0.3, 0.4) is 0 Å². The monoisotopic (exact) mass is 562 g/mol. The Hall–Kier alpha value is -4.36. The molecule has 3 unspecified atom stereocenters. The standard InChI is InChI=1S/C27H30N8O4S/c1-3-29-25(39)34-27(21-15-28-11-8-26(21,2)24(37)38)32-10-6-12-35(27)17-13-19-22(40-16-31-19)20(14-17)33-23(36)18-7-4-5-9-30-18/h4-7,9-10,12-14,16,21,28H,3,8,11,15H2,1-2H3,(H,33,36)(H,37,38)(H2,29,34,39). The van der Waals surface area contributed by atoms with E-state index >= 15 is 0 Å².